The summed E-state index contributed by atoms with van der Waals surface area (Å²) in [4.78, 5) is 11.5. The summed E-state index contributed by atoms with van der Waals surface area (Å²) in [6.07, 6.45) is 2.19. The number of carbonyl (C=O) groups is 1. The molecular weight excluding hydrogens is 256 g/mol. The van der Waals surface area contributed by atoms with E-state index in [1.54, 1.807) is 7.11 Å². The molecule has 0 heterocycles. The second kappa shape index (κ2) is 7.87. The third kappa shape index (κ3) is 5.59. The molecule has 5 nitrogen and oxygen atoms in total. The van der Waals surface area contributed by atoms with E-state index >= 15 is 0 Å². The van der Waals surface area contributed by atoms with Gasteiger partial charge in [0, 0.05) is 26.2 Å². The summed E-state index contributed by atoms with van der Waals surface area (Å²) < 4.78 is 10.4. The van der Waals surface area contributed by atoms with Crippen molar-refractivity contribution in [1.82, 2.24) is 10.6 Å². The standard InChI is InChI=1S/C15H22N2O3/c1-19-9-8-16-10-12-2-6-14(7-3-12)20-11-15(18)17-13-4-5-13/h2-3,6-7,13,16H,4-5,8-11H2,1H3,(H,17,18). The van der Waals surface area contributed by atoms with Gasteiger partial charge in [0.15, 0.2) is 6.61 Å². The second-order valence-electron chi connectivity index (χ2n) is 4.94. The fourth-order valence-electron chi connectivity index (χ4n) is 1.76. The summed E-state index contributed by atoms with van der Waals surface area (Å²) in [5, 5.41) is 6.16. The fraction of sp³-hybridized carbons (Fsp3) is 0.533. The van der Waals surface area contributed by atoms with Crippen molar-refractivity contribution in [3.63, 3.8) is 0 Å². The summed E-state index contributed by atoms with van der Waals surface area (Å²) in [5.74, 6) is 0.675. The van der Waals surface area contributed by atoms with E-state index in [0.29, 0.717) is 12.6 Å². The van der Waals surface area contributed by atoms with Gasteiger partial charge in [0.1, 0.15) is 5.75 Å². The van der Waals surface area contributed by atoms with Gasteiger partial charge in [-0.2, -0.15) is 0 Å². The molecule has 0 aliphatic heterocycles. The number of nitrogens with one attached hydrogen (secondary N) is 2. The summed E-state index contributed by atoms with van der Waals surface area (Å²) >= 11 is 0. The Labute approximate surface area is 119 Å². The van der Waals surface area contributed by atoms with Crippen molar-refractivity contribution >= 4 is 5.91 Å². The maximum Gasteiger partial charge on any atom is 0.258 e. The average Bonchev–Trinajstić information content (AvgIpc) is 3.26. The van der Waals surface area contributed by atoms with Crippen LogP contribution in [0.1, 0.15) is 18.4 Å². The zero-order valence-electron chi connectivity index (χ0n) is 11.9. The molecular formula is C15H22N2O3. The van der Waals surface area contributed by atoms with E-state index in [2.05, 4.69) is 10.6 Å². The van der Waals surface area contributed by atoms with E-state index in [9.17, 15) is 4.79 Å². The van der Waals surface area contributed by atoms with E-state index in [1.165, 1.54) is 5.56 Å². The van der Waals surface area contributed by atoms with Crippen molar-refractivity contribution in [2.24, 2.45) is 0 Å². The Morgan fingerprint density at radius 2 is 2.05 bits per heavy atom. The molecule has 1 aliphatic rings. The first-order chi connectivity index (χ1) is 9.78. The number of amides is 1. The smallest absolute Gasteiger partial charge is 0.258 e. The largest absolute Gasteiger partial charge is 0.484 e. The number of benzene rings is 1. The number of hydrogen-bond acceptors (Lipinski definition) is 4. The zero-order chi connectivity index (χ0) is 14.2. The molecule has 1 aliphatic carbocycles. The zero-order valence-corrected chi connectivity index (χ0v) is 11.9. The van der Waals surface area contributed by atoms with Crippen molar-refractivity contribution in [3.05, 3.63) is 29.8 Å². The lowest BCUT2D eigenvalue weighted by molar-refractivity contribution is -0.123. The molecule has 0 saturated heterocycles. The van der Waals surface area contributed by atoms with E-state index in [-0.39, 0.29) is 12.5 Å². The predicted molar refractivity (Wildman–Crippen MR) is 76.7 cm³/mol. The van der Waals surface area contributed by atoms with Crippen LogP contribution in [0.5, 0.6) is 5.75 Å². The Morgan fingerprint density at radius 3 is 2.70 bits per heavy atom. The van der Waals surface area contributed by atoms with Crippen LogP contribution < -0.4 is 15.4 Å². The van der Waals surface area contributed by atoms with Gasteiger partial charge < -0.3 is 20.1 Å². The molecule has 20 heavy (non-hydrogen) atoms. The first kappa shape index (κ1) is 14.8. The van der Waals surface area contributed by atoms with Crippen molar-refractivity contribution in [3.8, 4) is 5.75 Å². The number of ether oxygens (including phenoxy) is 2. The minimum Gasteiger partial charge on any atom is -0.484 e. The van der Waals surface area contributed by atoms with E-state index in [4.69, 9.17) is 9.47 Å². The van der Waals surface area contributed by atoms with E-state index < -0.39 is 0 Å². The Hall–Kier alpha value is -1.59. The van der Waals surface area contributed by atoms with Crippen LogP contribution >= 0.6 is 0 Å². The third-order valence-corrected chi connectivity index (χ3v) is 3.05. The number of carbonyl (C=O) groups excluding carboxylic acids is 1. The Bertz CT molecular complexity index is 416. The molecule has 1 amide bonds. The lowest BCUT2D eigenvalue weighted by Gasteiger charge is -2.08. The summed E-state index contributed by atoms with van der Waals surface area (Å²) in [5.41, 5.74) is 1.18. The second-order valence-corrected chi connectivity index (χ2v) is 4.94. The van der Waals surface area contributed by atoms with Gasteiger partial charge in [-0.3, -0.25) is 4.79 Å². The minimum absolute atomic E-state index is 0.0437. The van der Waals surface area contributed by atoms with Crippen LogP contribution in [0.2, 0.25) is 0 Å². The highest BCUT2D eigenvalue weighted by Crippen LogP contribution is 2.18. The van der Waals surface area contributed by atoms with Gasteiger partial charge in [0.05, 0.1) is 6.61 Å². The lowest BCUT2D eigenvalue weighted by atomic mass is 10.2. The number of hydrogen-bond donors (Lipinski definition) is 2. The van der Waals surface area contributed by atoms with Gasteiger partial charge in [-0.05, 0) is 30.5 Å². The normalized spacial score (nSPS) is 14.1. The van der Waals surface area contributed by atoms with E-state index in [0.717, 1.165) is 31.7 Å². The highest BCUT2D eigenvalue weighted by molar-refractivity contribution is 5.78. The lowest BCUT2D eigenvalue weighted by Crippen LogP contribution is -2.30. The van der Waals surface area contributed by atoms with Gasteiger partial charge in [0.2, 0.25) is 0 Å². The molecule has 2 N–H and O–H groups in total. The molecule has 5 heteroatoms. The minimum atomic E-state index is -0.0437. The van der Waals surface area contributed by atoms with Crippen molar-refractivity contribution < 1.29 is 14.3 Å². The average molecular weight is 278 g/mol. The van der Waals surface area contributed by atoms with Gasteiger partial charge in [-0.15, -0.1) is 0 Å². The van der Waals surface area contributed by atoms with Crippen molar-refractivity contribution in [2.75, 3.05) is 26.9 Å². The molecule has 0 aromatic heterocycles. The van der Waals surface area contributed by atoms with Crippen LogP contribution in [0.3, 0.4) is 0 Å². The monoisotopic (exact) mass is 278 g/mol. The van der Waals surface area contributed by atoms with Crippen LogP contribution in [0.15, 0.2) is 24.3 Å². The quantitative estimate of drug-likeness (QED) is 0.664. The molecule has 1 saturated carbocycles. The van der Waals surface area contributed by atoms with Crippen LogP contribution in [0, 0.1) is 0 Å². The summed E-state index contributed by atoms with van der Waals surface area (Å²) in [6.45, 7) is 2.42. The first-order valence-electron chi connectivity index (χ1n) is 6.98. The topological polar surface area (TPSA) is 59.6 Å². The molecule has 0 bridgehead atoms. The molecule has 0 unspecified atom stereocenters. The molecule has 110 valence electrons. The maximum atomic E-state index is 11.5. The fourth-order valence-corrected chi connectivity index (χ4v) is 1.76. The van der Waals surface area contributed by atoms with Crippen LogP contribution in [0.4, 0.5) is 0 Å². The molecule has 0 spiro atoms. The number of methoxy groups -OCH3 is 1. The van der Waals surface area contributed by atoms with Crippen molar-refractivity contribution in [1.29, 1.82) is 0 Å². The molecule has 1 aromatic carbocycles. The highest BCUT2D eigenvalue weighted by Gasteiger charge is 2.23. The molecule has 1 aromatic rings. The van der Waals surface area contributed by atoms with E-state index in [1.807, 2.05) is 24.3 Å². The molecule has 0 atom stereocenters. The molecule has 1 fully saturated rings. The maximum absolute atomic E-state index is 11.5. The number of rotatable bonds is 9. The first-order valence-corrected chi connectivity index (χ1v) is 6.98. The predicted octanol–water partition coefficient (Wildman–Crippen LogP) is 1.08. The molecule has 2 rings (SSSR count). The van der Waals surface area contributed by atoms with Gasteiger partial charge in [-0.25, -0.2) is 0 Å². The Morgan fingerprint density at radius 1 is 1.30 bits per heavy atom. The van der Waals surface area contributed by atoms with Crippen LogP contribution in [-0.4, -0.2) is 38.8 Å². The summed E-state index contributed by atoms with van der Waals surface area (Å²) in [7, 11) is 1.69. The molecule has 0 radical (unpaired) electrons. The van der Waals surface area contributed by atoms with Gasteiger partial charge in [0.25, 0.3) is 5.91 Å². The van der Waals surface area contributed by atoms with Crippen molar-refractivity contribution in [2.45, 2.75) is 25.4 Å². The van der Waals surface area contributed by atoms with Gasteiger partial charge >= 0.3 is 0 Å². The SMILES string of the molecule is COCCNCc1ccc(OCC(=O)NC2CC2)cc1. The Kier molecular flexibility index (Phi) is 5.83. The summed E-state index contributed by atoms with van der Waals surface area (Å²) in [6, 6.07) is 8.14. The van der Waals surface area contributed by atoms with Crippen LogP contribution in [-0.2, 0) is 16.1 Å². The third-order valence-electron chi connectivity index (χ3n) is 3.05. The van der Waals surface area contributed by atoms with Crippen LogP contribution in [0.25, 0.3) is 0 Å². The Balaban J connectivity index is 1.66. The van der Waals surface area contributed by atoms with Gasteiger partial charge in [-0.1, -0.05) is 12.1 Å². The highest BCUT2D eigenvalue weighted by atomic mass is 16.5.